The van der Waals surface area contributed by atoms with E-state index in [-0.39, 0.29) is 11.3 Å². The minimum Gasteiger partial charge on any atom is -0.478 e. The molecule has 5 nitrogen and oxygen atoms in total. The molecule has 0 aliphatic carbocycles. The van der Waals surface area contributed by atoms with E-state index in [1.165, 1.54) is 36.3 Å². The predicted molar refractivity (Wildman–Crippen MR) is 64.3 cm³/mol. The summed E-state index contributed by atoms with van der Waals surface area (Å²) >= 11 is 1.27. The molecule has 2 aromatic rings. The van der Waals surface area contributed by atoms with E-state index in [0.29, 0.717) is 5.03 Å². The number of aromatic carboxylic acids is 1. The fourth-order valence-electron chi connectivity index (χ4n) is 1.25. The summed E-state index contributed by atoms with van der Waals surface area (Å²) in [6.07, 6.45) is 2.96. The van der Waals surface area contributed by atoms with Crippen LogP contribution in [0.5, 0.6) is 0 Å². The number of aromatic nitrogens is 2. The summed E-state index contributed by atoms with van der Waals surface area (Å²) in [5.74, 6) is -0.969. The molecule has 0 spiro atoms. The van der Waals surface area contributed by atoms with Crippen LogP contribution in [0.2, 0.25) is 0 Å². The van der Waals surface area contributed by atoms with Crippen LogP contribution < -0.4 is 0 Å². The number of rotatable bonds is 3. The molecule has 1 aromatic heterocycles. The highest BCUT2D eigenvalue weighted by Gasteiger charge is 2.07. The summed E-state index contributed by atoms with van der Waals surface area (Å²) < 4.78 is 0. The number of hydrogen-bond donors (Lipinski definition) is 1. The maximum absolute atomic E-state index is 10.7. The van der Waals surface area contributed by atoms with Gasteiger partial charge in [0.15, 0.2) is 5.69 Å². The highest BCUT2D eigenvalue weighted by molar-refractivity contribution is 7.99. The molecule has 1 aromatic carbocycles. The van der Waals surface area contributed by atoms with Crippen LogP contribution >= 0.6 is 11.8 Å². The first-order valence-corrected chi connectivity index (χ1v) is 5.74. The van der Waals surface area contributed by atoms with Crippen LogP contribution in [0.15, 0.2) is 46.6 Å². The third-order valence-corrected chi connectivity index (χ3v) is 3.09. The largest absolute Gasteiger partial charge is 0.478 e. The zero-order valence-electron chi connectivity index (χ0n) is 9.07. The first-order valence-electron chi connectivity index (χ1n) is 4.93. The van der Waals surface area contributed by atoms with Gasteiger partial charge in [-0.2, -0.15) is 5.26 Å². The maximum atomic E-state index is 10.7. The monoisotopic (exact) mass is 257 g/mol. The van der Waals surface area contributed by atoms with Gasteiger partial charge < -0.3 is 5.11 Å². The Bertz CT molecular complexity index is 620. The number of nitrogens with zero attached hydrogens (tertiary/aromatic N) is 3. The molecule has 0 amide bonds. The fraction of sp³-hybridized carbons (Fsp3) is 0. The van der Waals surface area contributed by atoms with Crippen LogP contribution in [0.1, 0.15) is 16.1 Å². The molecule has 1 N–H and O–H groups in total. The minimum atomic E-state index is -0.969. The van der Waals surface area contributed by atoms with Crippen molar-refractivity contribution in [2.24, 2.45) is 0 Å². The van der Waals surface area contributed by atoms with Crippen molar-refractivity contribution in [3.63, 3.8) is 0 Å². The summed E-state index contributed by atoms with van der Waals surface area (Å²) in [5.41, 5.74) is 0.476. The smallest absolute Gasteiger partial charge is 0.335 e. The molecule has 0 atom stereocenters. The molecule has 0 unspecified atom stereocenters. The molecule has 0 bridgehead atoms. The molecule has 2 rings (SSSR count). The summed E-state index contributed by atoms with van der Waals surface area (Å²) in [6, 6.07) is 8.31. The van der Waals surface area contributed by atoms with E-state index in [1.54, 1.807) is 12.1 Å². The van der Waals surface area contributed by atoms with Gasteiger partial charge in [0.05, 0.1) is 5.56 Å². The summed E-state index contributed by atoms with van der Waals surface area (Å²) in [5, 5.41) is 18.1. The van der Waals surface area contributed by atoms with Crippen LogP contribution in [-0.4, -0.2) is 21.0 Å². The molecule has 88 valence electrons. The third kappa shape index (κ3) is 2.64. The molecule has 0 aliphatic rings. The fourth-order valence-corrected chi connectivity index (χ4v) is 2.06. The van der Waals surface area contributed by atoms with E-state index in [9.17, 15) is 4.79 Å². The summed E-state index contributed by atoms with van der Waals surface area (Å²) in [7, 11) is 0. The molecular weight excluding hydrogens is 250 g/mol. The van der Waals surface area contributed by atoms with Gasteiger partial charge in [0.2, 0.25) is 0 Å². The Labute approximate surface area is 107 Å². The van der Waals surface area contributed by atoms with Gasteiger partial charge in [0.1, 0.15) is 11.1 Å². The van der Waals surface area contributed by atoms with E-state index in [4.69, 9.17) is 10.4 Å². The minimum absolute atomic E-state index is 0.221. The lowest BCUT2D eigenvalue weighted by atomic mass is 10.2. The molecule has 0 radical (unpaired) electrons. The second-order valence-corrected chi connectivity index (χ2v) is 4.32. The highest BCUT2D eigenvalue weighted by atomic mass is 32.2. The van der Waals surface area contributed by atoms with Crippen LogP contribution in [0.4, 0.5) is 0 Å². The van der Waals surface area contributed by atoms with Gasteiger partial charge in [0, 0.05) is 17.3 Å². The predicted octanol–water partition coefficient (Wildman–Crippen LogP) is 2.20. The quantitative estimate of drug-likeness (QED) is 0.906. The standard InChI is InChI=1S/C12H7N3O2S/c13-7-10-11(15-6-5-14-10)18-9-3-1-8(2-4-9)12(16)17/h1-6H,(H,16,17). The number of benzene rings is 1. The molecular formula is C12H7N3O2S. The Morgan fingerprint density at radius 1 is 1.22 bits per heavy atom. The Morgan fingerprint density at radius 3 is 2.50 bits per heavy atom. The van der Waals surface area contributed by atoms with Gasteiger partial charge in [-0.3, -0.25) is 0 Å². The normalized spacial score (nSPS) is 9.72. The van der Waals surface area contributed by atoms with Crippen LogP contribution in [0.3, 0.4) is 0 Å². The topological polar surface area (TPSA) is 86.9 Å². The average molecular weight is 257 g/mol. The molecule has 0 aliphatic heterocycles. The first-order chi connectivity index (χ1) is 8.70. The lowest BCUT2D eigenvalue weighted by Crippen LogP contribution is -1.95. The molecule has 18 heavy (non-hydrogen) atoms. The Morgan fingerprint density at radius 2 is 1.89 bits per heavy atom. The highest BCUT2D eigenvalue weighted by Crippen LogP contribution is 2.27. The number of carboxylic acid groups (broad SMARTS) is 1. The number of carbonyl (C=O) groups is 1. The van der Waals surface area contributed by atoms with E-state index in [2.05, 4.69) is 9.97 Å². The molecule has 0 saturated heterocycles. The van der Waals surface area contributed by atoms with Crippen molar-refractivity contribution < 1.29 is 9.90 Å². The molecule has 1 heterocycles. The number of hydrogen-bond acceptors (Lipinski definition) is 5. The van der Waals surface area contributed by atoms with E-state index < -0.39 is 5.97 Å². The summed E-state index contributed by atoms with van der Waals surface area (Å²) in [6.45, 7) is 0. The van der Waals surface area contributed by atoms with Crippen LogP contribution in [0, 0.1) is 11.3 Å². The SMILES string of the molecule is N#Cc1nccnc1Sc1ccc(C(=O)O)cc1. The maximum Gasteiger partial charge on any atom is 0.335 e. The van der Waals surface area contributed by atoms with E-state index in [0.717, 1.165) is 4.90 Å². The van der Waals surface area contributed by atoms with Crippen LogP contribution in [-0.2, 0) is 0 Å². The third-order valence-electron chi connectivity index (χ3n) is 2.09. The molecule has 0 saturated carbocycles. The van der Waals surface area contributed by atoms with Crippen molar-refractivity contribution >= 4 is 17.7 Å². The Kier molecular flexibility index (Phi) is 3.55. The van der Waals surface area contributed by atoms with Crippen molar-refractivity contribution in [2.75, 3.05) is 0 Å². The van der Waals surface area contributed by atoms with Crippen molar-refractivity contribution in [1.29, 1.82) is 5.26 Å². The zero-order chi connectivity index (χ0) is 13.0. The van der Waals surface area contributed by atoms with Gasteiger partial charge in [-0.1, -0.05) is 11.8 Å². The average Bonchev–Trinajstić information content (AvgIpc) is 2.40. The van der Waals surface area contributed by atoms with Crippen molar-refractivity contribution in [2.45, 2.75) is 9.92 Å². The Balaban J connectivity index is 2.24. The van der Waals surface area contributed by atoms with Gasteiger partial charge in [-0.25, -0.2) is 14.8 Å². The lowest BCUT2D eigenvalue weighted by Gasteiger charge is -2.02. The van der Waals surface area contributed by atoms with Crippen molar-refractivity contribution in [1.82, 2.24) is 9.97 Å². The van der Waals surface area contributed by atoms with E-state index in [1.807, 2.05) is 6.07 Å². The van der Waals surface area contributed by atoms with Gasteiger partial charge in [-0.05, 0) is 24.3 Å². The van der Waals surface area contributed by atoms with Crippen molar-refractivity contribution in [3.05, 3.63) is 47.9 Å². The molecule has 6 heteroatoms. The first kappa shape index (κ1) is 12.1. The van der Waals surface area contributed by atoms with Crippen LogP contribution in [0.25, 0.3) is 0 Å². The number of nitriles is 1. The Hall–Kier alpha value is -2.39. The van der Waals surface area contributed by atoms with Gasteiger partial charge in [-0.15, -0.1) is 0 Å². The second kappa shape index (κ2) is 5.29. The van der Waals surface area contributed by atoms with Gasteiger partial charge >= 0.3 is 5.97 Å². The van der Waals surface area contributed by atoms with Gasteiger partial charge in [0.25, 0.3) is 0 Å². The molecule has 0 fully saturated rings. The number of carboxylic acids is 1. The lowest BCUT2D eigenvalue weighted by molar-refractivity contribution is 0.0697. The van der Waals surface area contributed by atoms with Crippen molar-refractivity contribution in [3.8, 4) is 6.07 Å². The van der Waals surface area contributed by atoms with E-state index >= 15 is 0 Å². The zero-order valence-corrected chi connectivity index (χ0v) is 9.89. The summed E-state index contributed by atoms with van der Waals surface area (Å²) in [4.78, 5) is 19.5. The second-order valence-electron chi connectivity index (χ2n) is 3.25.